The van der Waals surface area contributed by atoms with Gasteiger partial charge in [0.25, 0.3) is 0 Å². The van der Waals surface area contributed by atoms with Gasteiger partial charge in [-0.25, -0.2) is 0 Å². The zero-order valence-corrected chi connectivity index (χ0v) is 28.1. The molecule has 1 heterocycles. The summed E-state index contributed by atoms with van der Waals surface area (Å²) in [6.45, 7) is 8.22. The number of ether oxygens (including phenoxy) is 2. The topological polar surface area (TPSA) is 65.7 Å². The molecule has 1 rings (SSSR count). The van der Waals surface area contributed by atoms with Crippen LogP contribution in [0.25, 0.3) is 0 Å². The summed E-state index contributed by atoms with van der Waals surface area (Å²) >= 11 is 0. The molecule has 0 radical (unpaired) electrons. The predicted octanol–water partition coefficient (Wildman–Crippen LogP) is 12.1. The van der Waals surface area contributed by atoms with Gasteiger partial charge in [0, 0.05) is 19.3 Å². The fourth-order valence-electron chi connectivity index (χ4n) is 5.57. The Morgan fingerprint density at radius 2 is 0.786 bits per heavy atom. The largest absolute Gasteiger partial charge is 0.458 e. The third-order valence-electron chi connectivity index (χ3n) is 8.28. The van der Waals surface area contributed by atoms with E-state index < -0.39 is 0 Å². The number of rotatable bonds is 29. The standard InChI is InChI=1S/C37H66O5/c1-5-8-10-12-14-16-18-20-22-24-26-28-30-34(38)41-36-32(4)40-33(7-3)37(36)42-35(39)31-29-27-25-23-21-19-17-15-13-11-9-6-2/h5-31H2,1-4H3. The van der Waals surface area contributed by atoms with Gasteiger partial charge in [-0.15, -0.1) is 0 Å². The van der Waals surface area contributed by atoms with Crippen molar-refractivity contribution in [1.82, 2.24) is 0 Å². The summed E-state index contributed by atoms with van der Waals surface area (Å²) < 4.78 is 17.1. The maximum absolute atomic E-state index is 12.6. The fraction of sp³-hybridized carbons (Fsp3) is 0.838. The number of furan rings is 1. The van der Waals surface area contributed by atoms with E-state index in [2.05, 4.69) is 13.8 Å². The van der Waals surface area contributed by atoms with Gasteiger partial charge in [-0.2, -0.15) is 0 Å². The second-order valence-electron chi connectivity index (χ2n) is 12.3. The molecule has 1 aromatic rings. The molecule has 244 valence electrons. The maximum Gasteiger partial charge on any atom is 0.311 e. The Balaban J connectivity index is 2.22. The minimum atomic E-state index is -0.285. The summed E-state index contributed by atoms with van der Waals surface area (Å²) in [5.74, 6) is 1.05. The molecule has 0 N–H and O–H groups in total. The molecule has 0 saturated carbocycles. The highest BCUT2D eigenvalue weighted by Crippen LogP contribution is 2.39. The van der Waals surface area contributed by atoms with Gasteiger partial charge in [0.2, 0.25) is 11.5 Å². The highest BCUT2D eigenvalue weighted by molar-refractivity contribution is 5.77. The molecule has 0 amide bonds. The van der Waals surface area contributed by atoms with Crippen LogP contribution in [0.5, 0.6) is 11.5 Å². The maximum atomic E-state index is 12.6. The van der Waals surface area contributed by atoms with Gasteiger partial charge in [-0.1, -0.05) is 162 Å². The summed E-state index contributed by atoms with van der Waals surface area (Å²) in [4.78, 5) is 25.2. The minimum absolute atomic E-state index is 0.277. The van der Waals surface area contributed by atoms with E-state index >= 15 is 0 Å². The fourth-order valence-corrected chi connectivity index (χ4v) is 5.57. The lowest BCUT2D eigenvalue weighted by Gasteiger charge is -2.08. The summed E-state index contributed by atoms with van der Waals surface area (Å²) in [5, 5.41) is 0. The Morgan fingerprint density at radius 1 is 0.476 bits per heavy atom. The van der Waals surface area contributed by atoms with E-state index in [1.807, 2.05) is 6.92 Å². The van der Waals surface area contributed by atoms with Crippen LogP contribution in [0.3, 0.4) is 0 Å². The highest BCUT2D eigenvalue weighted by atomic mass is 16.6. The normalized spacial score (nSPS) is 11.2. The minimum Gasteiger partial charge on any atom is -0.458 e. The number of unbranched alkanes of at least 4 members (excludes halogenated alkanes) is 22. The predicted molar refractivity (Wildman–Crippen MR) is 175 cm³/mol. The molecule has 0 unspecified atom stereocenters. The van der Waals surface area contributed by atoms with Crippen LogP contribution in [0.1, 0.15) is 199 Å². The average Bonchev–Trinajstić information content (AvgIpc) is 3.27. The lowest BCUT2D eigenvalue weighted by Crippen LogP contribution is -2.12. The molecule has 0 atom stereocenters. The van der Waals surface area contributed by atoms with Crippen LogP contribution < -0.4 is 9.47 Å². The molecule has 0 aliphatic heterocycles. The summed E-state index contributed by atoms with van der Waals surface area (Å²) in [6.07, 6.45) is 31.4. The van der Waals surface area contributed by atoms with Gasteiger partial charge in [0.05, 0.1) is 0 Å². The van der Waals surface area contributed by atoms with Crippen LogP contribution in [0, 0.1) is 6.92 Å². The number of hydrogen-bond donors (Lipinski definition) is 0. The zero-order chi connectivity index (χ0) is 30.7. The van der Waals surface area contributed by atoms with E-state index in [1.165, 1.54) is 116 Å². The molecule has 0 aliphatic carbocycles. The van der Waals surface area contributed by atoms with E-state index in [4.69, 9.17) is 13.9 Å². The Kier molecular flexibility index (Phi) is 24.4. The molecule has 1 aromatic heterocycles. The number of carbonyl (C=O) groups is 2. The van der Waals surface area contributed by atoms with E-state index in [1.54, 1.807) is 6.92 Å². The van der Waals surface area contributed by atoms with Crippen LogP contribution in [-0.2, 0) is 16.0 Å². The van der Waals surface area contributed by atoms with E-state index in [0.717, 1.165) is 38.5 Å². The van der Waals surface area contributed by atoms with Crippen LogP contribution in [0.2, 0.25) is 0 Å². The number of esters is 2. The lowest BCUT2D eigenvalue weighted by atomic mass is 10.0. The van der Waals surface area contributed by atoms with Crippen molar-refractivity contribution in [1.29, 1.82) is 0 Å². The molecule has 0 spiro atoms. The highest BCUT2D eigenvalue weighted by Gasteiger charge is 2.24. The first-order valence-electron chi connectivity index (χ1n) is 18.1. The van der Waals surface area contributed by atoms with Gasteiger partial charge in [0.1, 0.15) is 5.76 Å². The van der Waals surface area contributed by atoms with Crippen LogP contribution in [0.15, 0.2) is 4.42 Å². The van der Waals surface area contributed by atoms with E-state index in [9.17, 15) is 9.59 Å². The average molecular weight is 591 g/mol. The van der Waals surface area contributed by atoms with Crippen LogP contribution in [0.4, 0.5) is 0 Å². The van der Waals surface area contributed by atoms with Crippen LogP contribution in [-0.4, -0.2) is 11.9 Å². The third-order valence-corrected chi connectivity index (χ3v) is 8.28. The molecule has 5 heteroatoms. The second-order valence-corrected chi connectivity index (χ2v) is 12.3. The molecule has 42 heavy (non-hydrogen) atoms. The summed E-state index contributed by atoms with van der Waals surface area (Å²) in [7, 11) is 0. The second kappa shape index (κ2) is 26.8. The lowest BCUT2D eigenvalue weighted by molar-refractivity contribution is -0.137. The summed E-state index contributed by atoms with van der Waals surface area (Å²) in [5.41, 5.74) is 0. The molecular formula is C37H66O5. The smallest absolute Gasteiger partial charge is 0.311 e. The molecule has 0 fully saturated rings. The van der Waals surface area contributed by atoms with E-state index in [0.29, 0.717) is 36.5 Å². The van der Waals surface area contributed by atoms with Crippen molar-refractivity contribution in [2.24, 2.45) is 0 Å². The first-order valence-corrected chi connectivity index (χ1v) is 18.1. The quantitative estimate of drug-likeness (QED) is 0.0685. The molecule has 5 nitrogen and oxygen atoms in total. The van der Waals surface area contributed by atoms with Crippen molar-refractivity contribution in [3.63, 3.8) is 0 Å². The number of carbonyl (C=O) groups excluding carboxylic acids is 2. The Bertz CT molecular complexity index is 796. The van der Waals surface area contributed by atoms with Gasteiger partial charge in [-0.3, -0.25) is 9.59 Å². The zero-order valence-electron chi connectivity index (χ0n) is 28.1. The Labute approximate surface area is 259 Å². The molecule has 0 bridgehead atoms. The number of aryl methyl sites for hydroxylation is 2. The van der Waals surface area contributed by atoms with Gasteiger partial charge >= 0.3 is 11.9 Å². The first kappa shape index (κ1) is 38.2. The van der Waals surface area contributed by atoms with Crippen molar-refractivity contribution in [3.05, 3.63) is 11.5 Å². The van der Waals surface area contributed by atoms with Gasteiger partial charge < -0.3 is 13.9 Å². The number of hydrogen-bond acceptors (Lipinski definition) is 5. The van der Waals surface area contributed by atoms with E-state index in [-0.39, 0.29) is 17.7 Å². The first-order chi connectivity index (χ1) is 20.5. The SMILES string of the molecule is CCCCCCCCCCCCCCC(=O)Oc1c(C)oc(CC)c1OC(=O)CCCCCCCCCCCCCC. The third kappa shape index (κ3) is 19.4. The summed E-state index contributed by atoms with van der Waals surface area (Å²) in [6, 6.07) is 0. The molecule has 0 aliphatic rings. The van der Waals surface area contributed by atoms with Crippen molar-refractivity contribution in [2.45, 2.75) is 201 Å². The van der Waals surface area contributed by atoms with Crippen molar-refractivity contribution in [3.8, 4) is 11.5 Å². The Hall–Kier alpha value is -1.78. The molecule has 0 aromatic carbocycles. The van der Waals surface area contributed by atoms with Crippen LogP contribution >= 0.6 is 0 Å². The molecular weight excluding hydrogens is 524 g/mol. The molecule has 0 saturated heterocycles. The monoisotopic (exact) mass is 590 g/mol. The Morgan fingerprint density at radius 3 is 1.12 bits per heavy atom. The van der Waals surface area contributed by atoms with Gasteiger partial charge in [-0.05, 0) is 19.8 Å². The van der Waals surface area contributed by atoms with Crippen molar-refractivity contribution < 1.29 is 23.5 Å². The van der Waals surface area contributed by atoms with Gasteiger partial charge in [0.15, 0.2) is 5.76 Å². The van der Waals surface area contributed by atoms with Crippen molar-refractivity contribution in [2.75, 3.05) is 0 Å². The van der Waals surface area contributed by atoms with Crippen molar-refractivity contribution >= 4 is 11.9 Å².